The molecule has 0 aromatic heterocycles. The van der Waals surface area contributed by atoms with E-state index < -0.39 is 41.3 Å². The second-order valence-corrected chi connectivity index (χ2v) is 20.9. The predicted octanol–water partition coefficient (Wildman–Crippen LogP) is 0.793. The number of hydrogen-bond donors (Lipinski definition) is 8. The fraction of sp³-hybridized carbons (Fsp3) is 0.804. The molecule has 0 rings (SSSR count). The van der Waals surface area contributed by atoms with Gasteiger partial charge in [0.1, 0.15) is 61.6 Å². The molecule has 27 heteroatoms. The van der Waals surface area contributed by atoms with Crippen LogP contribution in [0.2, 0.25) is 0 Å². The summed E-state index contributed by atoms with van der Waals surface area (Å²) in [5, 5.41) is 28.3. The van der Waals surface area contributed by atoms with Crippen LogP contribution in [0.1, 0.15) is 130 Å². The number of rotatable bonds is 58. The van der Waals surface area contributed by atoms with Gasteiger partial charge in [0, 0.05) is 95.2 Å². The molecule has 0 aromatic rings. The number of ether oxygens (including phenoxy) is 8. The van der Waals surface area contributed by atoms with E-state index >= 15 is 0 Å². The zero-order valence-corrected chi connectivity index (χ0v) is 49.6. The van der Waals surface area contributed by atoms with E-state index in [0.29, 0.717) is 77.7 Å². The molecule has 27 nitrogen and oxygen atoms in total. The highest BCUT2D eigenvalue weighted by Crippen LogP contribution is 2.27. The molecule has 0 saturated heterocycles. The Morgan fingerprint density at radius 1 is 0.398 bits per heavy atom. The van der Waals surface area contributed by atoms with E-state index in [-0.39, 0.29) is 209 Å². The first kappa shape index (κ1) is 77.8. The van der Waals surface area contributed by atoms with Crippen molar-refractivity contribution in [2.24, 2.45) is 28.7 Å². The lowest BCUT2D eigenvalue weighted by Gasteiger charge is -2.23. The summed E-state index contributed by atoms with van der Waals surface area (Å²) in [6, 6.07) is -2.14. The third-order valence-corrected chi connectivity index (χ3v) is 12.5. The maximum absolute atomic E-state index is 13.6. The van der Waals surface area contributed by atoms with E-state index in [1.807, 2.05) is 0 Å². The molecule has 0 fully saturated rings. The second-order valence-electron chi connectivity index (χ2n) is 20.9. The van der Waals surface area contributed by atoms with Crippen molar-refractivity contribution in [3.63, 3.8) is 0 Å². The van der Waals surface area contributed by atoms with Crippen molar-refractivity contribution in [2.75, 3.05) is 132 Å². The summed E-state index contributed by atoms with van der Waals surface area (Å²) in [6.45, 7) is 10.1. The SMILES string of the molecule is CC(=O)[C@H](CCCCNC(=O)COCCOCCCC(=O)COCCOCCNC(=O)CC[C@H](N)C(=O)O)CC(=O)[C@H](CCCCNC(=O)COCCOCCNC(=O)COCCOCCCC(=O)CC[C@H](N)C(=O)O)CC(=O)C(C)(C)C. The zero-order valence-electron chi connectivity index (χ0n) is 49.6. The van der Waals surface area contributed by atoms with E-state index in [4.69, 9.17) is 59.6 Å². The van der Waals surface area contributed by atoms with Crippen LogP contribution in [0.3, 0.4) is 0 Å². The topological polar surface area (TPSA) is 402 Å². The number of unbranched alkanes of at least 4 members (excludes halogenated alkanes) is 2. The zero-order chi connectivity index (χ0) is 62.1. The minimum absolute atomic E-state index is 0.00170. The Balaban J connectivity index is 4.17. The standard InChI is InChI=1S/C56H98N6O21/c1-41(63)42(11-5-7-19-59-51(69)38-81-32-28-77-24-10-14-45(65)37-80-31-29-78-25-21-61-50(68)18-17-47(58)55(74)75)35-48(66)43(36-49(67)56(2,3)4)12-6-8-20-60-52(70)39-83-34-30-79-26-22-62-53(71)40-82-33-27-76-23-9-13-44(64)15-16-46(57)54(72)73/h42-43,46-47H,5-40,57-58H2,1-4H3,(H,59,69)(H,60,70)(H,61,68)(H,62,71)(H,72,73)(H,74,75)/t42-,43-,46+,47+/m1/s1. The number of carbonyl (C=O) groups is 11. The predicted molar refractivity (Wildman–Crippen MR) is 301 cm³/mol. The first-order valence-electron chi connectivity index (χ1n) is 28.8. The molecule has 0 radical (unpaired) electrons. The first-order chi connectivity index (χ1) is 39.5. The molecule has 0 saturated carbocycles. The molecule has 0 aliphatic heterocycles. The van der Waals surface area contributed by atoms with Crippen LogP contribution in [0.5, 0.6) is 0 Å². The lowest BCUT2D eigenvalue weighted by Crippen LogP contribution is -2.33. The third kappa shape index (κ3) is 47.8. The second kappa shape index (κ2) is 50.1. The summed E-state index contributed by atoms with van der Waals surface area (Å²) in [7, 11) is 0. The van der Waals surface area contributed by atoms with Crippen LogP contribution in [-0.2, 0) is 90.6 Å². The molecule has 0 heterocycles. The molecule has 0 aromatic carbocycles. The number of nitrogens with one attached hydrogen (secondary N) is 4. The van der Waals surface area contributed by atoms with Gasteiger partial charge in [0.05, 0.1) is 66.1 Å². The summed E-state index contributed by atoms with van der Waals surface area (Å²) in [5.41, 5.74) is 10.1. The highest BCUT2D eigenvalue weighted by molar-refractivity contribution is 5.92. The third-order valence-electron chi connectivity index (χ3n) is 12.5. The van der Waals surface area contributed by atoms with Gasteiger partial charge < -0.3 is 80.8 Å². The minimum Gasteiger partial charge on any atom is -0.480 e. The van der Waals surface area contributed by atoms with Gasteiger partial charge in [-0.2, -0.15) is 0 Å². The smallest absolute Gasteiger partial charge is 0.320 e. The summed E-state index contributed by atoms with van der Waals surface area (Å²) >= 11 is 0. The highest BCUT2D eigenvalue weighted by Gasteiger charge is 2.30. The number of carboxylic acids is 2. The summed E-state index contributed by atoms with van der Waals surface area (Å²) < 4.78 is 43.0. The number of aliphatic carboxylic acids is 2. The maximum atomic E-state index is 13.6. The van der Waals surface area contributed by atoms with Crippen LogP contribution < -0.4 is 32.7 Å². The van der Waals surface area contributed by atoms with E-state index in [1.165, 1.54) is 6.92 Å². The average molecular weight is 1190 g/mol. The largest absolute Gasteiger partial charge is 0.480 e. The molecule has 10 N–H and O–H groups in total. The van der Waals surface area contributed by atoms with Gasteiger partial charge in [-0.25, -0.2) is 0 Å². The Bertz CT molecular complexity index is 1900. The van der Waals surface area contributed by atoms with Crippen LogP contribution in [0.25, 0.3) is 0 Å². The summed E-state index contributed by atoms with van der Waals surface area (Å²) in [4.78, 5) is 133. The van der Waals surface area contributed by atoms with Gasteiger partial charge >= 0.3 is 11.9 Å². The van der Waals surface area contributed by atoms with Gasteiger partial charge in [-0.15, -0.1) is 0 Å². The molecule has 0 unspecified atom stereocenters. The summed E-state index contributed by atoms with van der Waals surface area (Å²) in [6.07, 6.45) is 4.93. The fourth-order valence-corrected chi connectivity index (χ4v) is 7.37. The number of ketones is 5. The van der Waals surface area contributed by atoms with E-state index in [0.717, 1.165) is 0 Å². The van der Waals surface area contributed by atoms with Crippen LogP contribution >= 0.6 is 0 Å². The van der Waals surface area contributed by atoms with Gasteiger partial charge in [-0.1, -0.05) is 33.6 Å². The van der Waals surface area contributed by atoms with Gasteiger partial charge in [-0.3, -0.25) is 52.7 Å². The van der Waals surface area contributed by atoms with Crippen molar-refractivity contribution >= 4 is 64.5 Å². The van der Waals surface area contributed by atoms with Crippen molar-refractivity contribution in [2.45, 2.75) is 143 Å². The highest BCUT2D eigenvalue weighted by atomic mass is 16.5. The minimum atomic E-state index is -1.16. The van der Waals surface area contributed by atoms with E-state index in [2.05, 4.69) is 21.3 Å². The Hall–Kier alpha value is -5.23. The van der Waals surface area contributed by atoms with Crippen LogP contribution in [0, 0.1) is 17.3 Å². The molecule has 0 aliphatic rings. The molecular formula is C56H98N6O21. The molecular weight excluding hydrogens is 1090 g/mol. The average Bonchev–Trinajstić information content (AvgIpc) is 3.51. The lowest BCUT2D eigenvalue weighted by molar-refractivity contribution is -0.139. The molecule has 0 bridgehead atoms. The van der Waals surface area contributed by atoms with Gasteiger partial charge in [0.15, 0.2) is 5.78 Å². The quantitative estimate of drug-likeness (QED) is 0.0390. The summed E-state index contributed by atoms with van der Waals surface area (Å²) in [5.74, 6) is -5.20. The molecule has 4 amide bonds. The Morgan fingerprint density at radius 3 is 1.23 bits per heavy atom. The van der Waals surface area contributed by atoms with Crippen LogP contribution in [0.15, 0.2) is 0 Å². The lowest BCUT2D eigenvalue weighted by atomic mass is 9.79. The van der Waals surface area contributed by atoms with Crippen molar-refractivity contribution in [1.82, 2.24) is 21.3 Å². The normalized spacial score (nSPS) is 12.8. The Labute approximate surface area is 488 Å². The van der Waals surface area contributed by atoms with E-state index in [1.54, 1.807) is 20.8 Å². The molecule has 0 aliphatic carbocycles. The number of carboxylic acid groups (broad SMARTS) is 2. The molecule has 4 atom stereocenters. The first-order valence-corrected chi connectivity index (χ1v) is 28.8. The van der Waals surface area contributed by atoms with Crippen molar-refractivity contribution < 1.29 is 101 Å². The van der Waals surface area contributed by atoms with E-state index in [9.17, 15) is 52.7 Å². The molecule has 0 spiro atoms. The van der Waals surface area contributed by atoms with Crippen molar-refractivity contribution in [3.05, 3.63) is 0 Å². The number of carbonyl (C=O) groups excluding carboxylic acids is 9. The Kier molecular flexibility index (Phi) is 47.0. The number of Topliss-reactive ketones (excluding diaryl/α,β-unsaturated/α-hetero) is 5. The number of nitrogens with two attached hydrogens (primary N) is 2. The number of hydrogen-bond acceptors (Lipinski definition) is 21. The monoisotopic (exact) mass is 1190 g/mol. The van der Waals surface area contributed by atoms with Crippen LogP contribution in [-0.4, -0.2) is 219 Å². The van der Waals surface area contributed by atoms with Gasteiger partial charge in [0.2, 0.25) is 23.6 Å². The van der Waals surface area contributed by atoms with Crippen molar-refractivity contribution in [3.8, 4) is 0 Å². The van der Waals surface area contributed by atoms with Crippen molar-refractivity contribution in [1.29, 1.82) is 0 Å². The van der Waals surface area contributed by atoms with Gasteiger partial charge in [0.25, 0.3) is 0 Å². The maximum Gasteiger partial charge on any atom is 0.320 e. The molecule has 83 heavy (non-hydrogen) atoms. The Morgan fingerprint density at radius 2 is 0.783 bits per heavy atom. The number of amides is 4. The van der Waals surface area contributed by atoms with Gasteiger partial charge in [-0.05, 0) is 58.3 Å². The fourth-order valence-electron chi connectivity index (χ4n) is 7.37. The van der Waals surface area contributed by atoms with Crippen LogP contribution in [0.4, 0.5) is 0 Å². The molecule has 478 valence electrons.